The number of hydrogen-bond donors (Lipinski definition) is 0. The first-order valence-corrected chi connectivity index (χ1v) is 8.69. The molecule has 132 valence electrons. The van der Waals surface area contributed by atoms with Crippen LogP contribution in [0.5, 0.6) is 0 Å². The van der Waals surface area contributed by atoms with E-state index in [9.17, 15) is 4.79 Å². The van der Waals surface area contributed by atoms with Crippen LogP contribution in [0.4, 0.5) is 0 Å². The monoisotopic (exact) mass is 337 g/mol. The molecule has 0 radical (unpaired) electrons. The Bertz CT molecular complexity index is 665. The molecule has 3 nitrogen and oxygen atoms in total. The summed E-state index contributed by atoms with van der Waals surface area (Å²) in [5.74, 6) is -0.0136. The van der Waals surface area contributed by atoms with Gasteiger partial charge in [-0.15, -0.1) is 0 Å². The Hall–Kier alpha value is -2.39. The number of ether oxygens (including phenoxy) is 1. The summed E-state index contributed by atoms with van der Waals surface area (Å²) >= 11 is 0. The molecular formula is C22H27NO2. The fourth-order valence-electron chi connectivity index (χ4n) is 2.95. The Labute approximate surface area is 150 Å². The Morgan fingerprint density at radius 3 is 2.20 bits per heavy atom. The minimum atomic E-state index is -0.273. The summed E-state index contributed by atoms with van der Waals surface area (Å²) in [6.45, 7) is 5.50. The van der Waals surface area contributed by atoms with Crippen molar-refractivity contribution in [3.8, 4) is 0 Å². The maximum atomic E-state index is 12.3. The Kier molecular flexibility index (Phi) is 7.42. The fourth-order valence-corrected chi connectivity index (χ4v) is 2.95. The van der Waals surface area contributed by atoms with E-state index >= 15 is 0 Å². The van der Waals surface area contributed by atoms with E-state index in [0.29, 0.717) is 13.1 Å². The molecule has 1 atom stereocenters. The van der Waals surface area contributed by atoms with Gasteiger partial charge in [-0.05, 0) is 17.0 Å². The number of esters is 1. The van der Waals surface area contributed by atoms with Crippen molar-refractivity contribution < 1.29 is 9.53 Å². The molecule has 25 heavy (non-hydrogen) atoms. The topological polar surface area (TPSA) is 29.5 Å². The number of rotatable bonds is 8. The Balaban J connectivity index is 2.18. The summed E-state index contributed by atoms with van der Waals surface area (Å²) in [5.41, 5.74) is 2.34. The molecule has 0 unspecified atom stereocenters. The van der Waals surface area contributed by atoms with Gasteiger partial charge in [0.2, 0.25) is 0 Å². The zero-order valence-corrected chi connectivity index (χ0v) is 15.3. The van der Waals surface area contributed by atoms with Gasteiger partial charge >= 0.3 is 5.97 Å². The standard InChI is InChI=1S/C22H27NO2/c1-18(2)21(22(24)25-3)23(17-20-13-8-5-9-14-20)16-10-15-19-11-6-4-7-12-19/h4-15,18,21H,16-17H2,1-3H3/b15-10+/t21-/m1/s1. The van der Waals surface area contributed by atoms with Crippen molar-refractivity contribution in [3.05, 3.63) is 77.9 Å². The summed E-state index contributed by atoms with van der Waals surface area (Å²) < 4.78 is 5.05. The highest BCUT2D eigenvalue weighted by Crippen LogP contribution is 2.17. The third-order valence-corrected chi connectivity index (χ3v) is 4.15. The van der Waals surface area contributed by atoms with E-state index in [1.807, 2.05) is 36.4 Å². The quantitative estimate of drug-likeness (QED) is 0.669. The van der Waals surface area contributed by atoms with Crippen LogP contribution in [0, 0.1) is 5.92 Å². The van der Waals surface area contributed by atoms with Crippen LogP contribution in [-0.4, -0.2) is 30.6 Å². The van der Waals surface area contributed by atoms with E-state index in [-0.39, 0.29) is 17.9 Å². The van der Waals surface area contributed by atoms with Gasteiger partial charge in [-0.1, -0.05) is 86.7 Å². The molecule has 0 fully saturated rings. The van der Waals surface area contributed by atoms with Crippen molar-refractivity contribution in [1.82, 2.24) is 4.90 Å². The van der Waals surface area contributed by atoms with Gasteiger partial charge in [0.25, 0.3) is 0 Å². The minimum absolute atomic E-state index is 0.168. The van der Waals surface area contributed by atoms with Crippen molar-refractivity contribution in [2.75, 3.05) is 13.7 Å². The Morgan fingerprint density at radius 2 is 1.64 bits per heavy atom. The number of carbonyl (C=O) groups is 1. The highest BCUT2D eigenvalue weighted by atomic mass is 16.5. The lowest BCUT2D eigenvalue weighted by atomic mass is 10.0. The SMILES string of the molecule is COC(=O)[C@@H](C(C)C)N(C/C=C/c1ccccc1)Cc1ccccc1. The van der Waals surface area contributed by atoms with Gasteiger partial charge in [-0.3, -0.25) is 9.69 Å². The summed E-state index contributed by atoms with van der Waals surface area (Å²) in [7, 11) is 1.46. The molecule has 0 heterocycles. The van der Waals surface area contributed by atoms with Crippen LogP contribution >= 0.6 is 0 Å². The lowest BCUT2D eigenvalue weighted by Crippen LogP contribution is -2.45. The summed E-state index contributed by atoms with van der Waals surface area (Å²) in [5, 5.41) is 0. The van der Waals surface area contributed by atoms with Crippen LogP contribution in [0.15, 0.2) is 66.7 Å². The molecule has 0 aliphatic heterocycles. The maximum Gasteiger partial charge on any atom is 0.323 e. The van der Waals surface area contributed by atoms with Gasteiger partial charge in [0.1, 0.15) is 6.04 Å². The third kappa shape index (κ3) is 5.87. The van der Waals surface area contributed by atoms with E-state index in [1.54, 1.807) is 0 Å². The van der Waals surface area contributed by atoms with Crippen molar-refractivity contribution >= 4 is 12.0 Å². The van der Waals surface area contributed by atoms with Gasteiger partial charge in [-0.25, -0.2) is 0 Å². The minimum Gasteiger partial charge on any atom is -0.468 e. The molecule has 0 spiro atoms. The predicted octanol–water partition coefficient (Wildman–Crippen LogP) is 4.40. The van der Waals surface area contributed by atoms with Crippen molar-refractivity contribution in [1.29, 1.82) is 0 Å². The molecule has 0 aliphatic rings. The predicted molar refractivity (Wildman–Crippen MR) is 103 cm³/mol. The smallest absolute Gasteiger partial charge is 0.323 e. The molecule has 2 rings (SSSR count). The second-order valence-corrected chi connectivity index (χ2v) is 6.44. The highest BCUT2D eigenvalue weighted by Gasteiger charge is 2.29. The second-order valence-electron chi connectivity index (χ2n) is 6.44. The molecule has 2 aromatic rings. The first-order chi connectivity index (χ1) is 12.1. The van der Waals surface area contributed by atoms with Crippen LogP contribution in [0.3, 0.4) is 0 Å². The maximum absolute atomic E-state index is 12.3. The van der Waals surface area contributed by atoms with Crippen molar-refractivity contribution in [3.63, 3.8) is 0 Å². The lowest BCUT2D eigenvalue weighted by molar-refractivity contribution is -0.148. The zero-order valence-electron chi connectivity index (χ0n) is 15.3. The largest absolute Gasteiger partial charge is 0.468 e. The first kappa shape index (κ1) is 18.9. The summed E-state index contributed by atoms with van der Waals surface area (Å²) in [6.07, 6.45) is 4.20. The van der Waals surface area contributed by atoms with E-state index in [4.69, 9.17) is 4.74 Å². The lowest BCUT2D eigenvalue weighted by Gasteiger charge is -2.31. The second kappa shape index (κ2) is 9.80. The fraction of sp³-hybridized carbons (Fsp3) is 0.318. The number of benzene rings is 2. The molecule has 0 aliphatic carbocycles. The molecule has 0 N–H and O–H groups in total. The van der Waals surface area contributed by atoms with E-state index < -0.39 is 0 Å². The van der Waals surface area contributed by atoms with E-state index in [0.717, 1.165) is 5.56 Å². The molecule has 0 amide bonds. The van der Waals surface area contributed by atoms with Gasteiger partial charge in [-0.2, -0.15) is 0 Å². The zero-order chi connectivity index (χ0) is 18.1. The number of carbonyl (C=O) groups excluding carboxylic acids is 1. The first-order valence-electron chi connectivity index (χ1n) is 8.69. The van der Waals surface area contributed by atoms with Crippen molar-refractivity contribution in [2.45, 2.75) is 26.4 Å². The van der Waals surface area contributed by atoms with E-state index in [2.05, 4.69) is 55.2 Å². The van der Waals surface area contributed by atoms with Gasteiger partial charge in [0.15, 0.2) is 0 Å². The van der Waals surface area contributed by atoms with Gasteiger partial charge in [0.05, 0.1) is 7.11 Å². The molecule has 2 aromatic carbocycles. The Morgan fingerprint density at radius 1 is 1.04 bits per heavy atom. The molecule has 3 heteroatoms. The average molecular weight is 337 g/mol. The van der Waals surface area contributed by atoms with Crippen LogP contribution in [0.2, 0.25) is 0 Å². The summed E-state index contributed by atoms with van der Waals surface area (Å²) in [6, 6.07) is 20.1. The average Bonchev–Trinajstić information content (AvgIpc) is 2.63. The van der Waals surface area contributed by atoms with Gasteiger partial charge < -0.3 is 4.74 Å². The number of nitrogens with zero attached hydrogens (tertiary/aromatic N) is 1. The molecular weight excluding hydrogens is 310 g/mol. The number of methoxy groups -OCH3 is 1. The van der Waals surface area contributed by atoms with Crippen molar-refractivity contribution in [2.24, 2.45) is 5.92 Å². The van der Waals surface area contributed by atoms with E-state index in [1.165, 1.54) is 12.7 Å². The van der Waals surface area contributed by atoms with Crippen LogP contribution < -0.4 is 0 Å². The normalized spacial score (nSPS) is 12.7. The third-order valence-electron chi connectivity index (χ3n) is 4.15. The van der Waals surface area contributed by atoms with Gasteiger partial charge in [0, 0.05) is 13.1 Å². The highest BCUT2D eigenvalue weighted by molar-refractivity contribution is 5.76. The van der Waals surface area contributed by atoms with Crippen LogP contribution in [0.1, 0.15) is 25.0 Å². The molecule has 0 saturated carbocycles. The molecule has 0 saturated heterocycles. The molecule has 0 aromatic heterocycles. The molecule has 0 bridgehead atoms. The number of hydrogen-bond acceptors (Lipinski definition) is 3. The summed E-state index contributed by atoms with van der Waals surface area (Å²) in [4.78, 5) is 14.5. The van der Waals surface area contributed by atoms with Crippen LogP contribution in [0.25, 0.3) is 6.08 Å². The van der Waals surface area contributed by atoms with Crippen LogP contribution in [-0.2, 0) is 16.1 Å².